The number of nitrogens with zero attached hydrogens (tertiary/aromatic N) is 1. The van der Waals surface area contributed by atoms with Gasteiger partial charge in [0.05, 0.1) is 12.2 Å². The smallest absolute Gasteiger partial charge is 0.300 e. The summed E-state index contributed by atoms with van der Waals surface area (Å²) in [5, 5.41) is 11.0. The molecule has 0 spiro atoms. The number of amides is 1. The zero-order valence-corrected chi connectivity index (χ0v) is 17.6. The summed E-state index contributed by atoms with van der Waals surface area (Å²) in [5.41, 5.74) is 1.98. The van der Waals surface area contributed by atoms with Crippen molar-refractivity contribution in [1.29, 1.82) is 0 Å². The van der Waals surface area contributed by atoms with Crippen LogP contribution in [0.1, 0.15) is 35.6 Å². The Morgan fingerprint density at radius 1 is 1.00 bits per heavy atom. The van der Waals surface area contributed by atoms with Crippen LogP contribution in [0.15, 0.2) is 70.7 Å². The third-order valence-electron chi connectivity index (χ3n) is 5.23. The lowest BCUT2D eigenvalue weighted by molar-refractivity contribution is -0.132. The van der Waals surface area contributed by atoms with Gasteiger partial charge in [-0.25, -0.2) is 0 Å². The van der Waals surface area contributed by atoms with E-state index in [0.717, 1.165) is 5.56 Å². The van der Waals surface area contributed by atoms with Crippen molar-refractivity contribution < 1.29 is 23.8 Å². The SMILES string of the molecule is CCOc1ccc(N2C(=O)C(=O)/C(=C(\O)c3ccc(C)cc3)C2c2ccc(C)o2)cc1. The number of benzene rings is 2. The molecule has 2 heterocycles. The van der Waals surface area contributed by atoms with E-state index in [1.807, 2.05) is 26.0 Å². The standard InChI is InChI=1S/C25H23NO5/c1-4-30-19-12-10-18(11-13-19)26-22(20-14-7-16(3)31-20)21(24(28)25(26)29)23(27)17-8-5-15(2)6-9-17/h5-14,22,27H,4H2,1-3H3/b23-21-. The quantitative estimate of drug-likeness (QED) is 0.362. The van der Waals surface area contributed by atoms with E-state index in [1.54, 1.807) is 55.5 Å². The number of carbonyl (C=O) groups excluding carboxylic acids is 2. The number of ketones is 1. The van der Waals surface area contributed by atoms with Crippen LogP contribution >= 0.6 is 0 Å². The van der Waals surface area contributed by atoms with Crippen molar-refractivity contribution in [3.63, 3.8) is 0 Å². The third kappa shape index (κ3) is 3.72. The van der Waals surface area contributed by atoms with Gasteiger partial charge in [0.15, 0.2) is 0 Å². The Morgan fingerprint density at radius 3 is 2.26 bits per heavy atom. The van der Waals surface area contributed by atoms with Crippen LogP contribution in [0.4, 0.5) is 5.69 Å². The molecule has 1 aromatic heterocycles. The Morgan fingerprint density at radius 2 is 1.68 bits per heavy atom. The van der Waals surface area contributed by atoms with Gasteiger partial charge in [-0.1, -0.05) is 29.8 Å². The van der Waals surface area contributed by atoms with Crippen LogP contribution in [0, 0.1) is 13.8 Å². The van der Waals surface area contributed by atoms with Crippen LogP contribution in [-0.2, 0) is 9.59 Å². The molecule has 0 aliphatic carbocycles. The highest BCUT2D eigenvalue weighted by atomic mass is 16.5. The molecule has 1 amide bonds. The maximum atomic E-state index is 13.1. The maximum absolute atomic E-state index is 13.1. The van der Waals surface area contributed by atoms with E-state index >= 15 is 0 Å². The van der Waals surface area contributed by atoms with Crippen molar-refractivity contribution in [1.82, 2.24) is 0 Å². The minimum Gasteiger partial charge on any atom is -0.507 e. The Kier molecular flexibility index (Phi) is 5.38. The van der Waals surface area contributed by atoms with Gasteiger partial charge >= 0.3 is 0 Å². The summed E-state index contributed by atoms with van der Waals surface area (Å²) in [7, 11) is 0. The lowest BCUT2D eigenvalue weighted by Gasteiger charge is -2.23. The van der Waals surface area contributed by atoms with Crippen LogP contribution in [0.25, 0.3) is 5.76 Å². The number of furan rings is 1. The average molecular weight is 417 g/mol. The van der Waals surface area contributed by atoms with Gasteiger partial charge in [0.25, 0.3) is 11.7 Å². The van der Waals surface area contributed by atoms with E-state index in [-0.39, 0.29) is 11.3 Å². The Labute approximate surface area is 180 Å². The van der Waals surface area contributed by atoms with Crippen molar-refractivity contribution in [3.8, 4) is 5.75 Å². The molecule has 158 valence electrons. The molecule has 1 atom stereocenters. The number of hydrogen-bond donors (Lipinski definition) is 1. The fraction of sp³-hybridized carbons (Fsp3) is 0.200. The molecule has 4 rings (SSSR count). The third-order valence-corrected chi connectivity index (χ3v) is 5.23. The molecule has 1 unspecified atom stereocenters. The lowest BCUT2D eigenvalue weighted by Crippen LogP contribution is -2.29. The summed E-state index contributed by atoms with van der Waals surface area (Å²) in [6.45, 7) is 6.12. The molecular weight excluding hydrogens is 394 g/mol. The topological polar surface area (TPSA) is 80.0 Å². The van der Waals surface area contributed by atoms with Crippen molar-refractivity contribution >= 4 is 23.1 Å². The molecule has 1 aliphatic rings. The number of aliphatic hydroxyl groups excluding tert-OH is 1. The van der Waals surface area contributed by atoms with Crippen LogP contribution < -0.4 is 9.64 Å². The summed E-state index contributed by atoms with van der Waals surface area (Å²) in [4.78, 5) is 27.5. The highest BCUT2D eigenvalue weighted by Crippen LogP contribution is 2.42. The predicted molar refractivity (Wildman–Crippen MR) is 117 cm³/mol. The summed E-state index contributed by atoms with van der Waals surface area (Å²) in [5.74, 6) is -0.0107. The van der Waals surface area contributed by atoms with Crippen LogP contribution in [0.2, 0.25) is 0 Å². The minimum atomic E-state index is -0.882. The normalized spacial score (nSPS) is 17.9. The highest BCUT2D eigenvalue weighted by molar-refractivity contribution is 6.51. The molecule has 1 aliphatic heterocycles. The zero-order chi connectivity index (χ0) is 22.1. The first-order chi connectivity index (χ1) is 14.9. The molecule has 6 heteroatoms. The van der Waals surface area contributed by atoms with Crippen LogP contribution in [0.3, 0.4) is 0 Å². The zero-order valence-electron chi connectivity index (χ0n) is 17.6. The van der Waals surface area contributed by atoms with Gasteiger partial charge in [0.1, 0.15) is 29.1 Å². The van der Waals surface area contributed by atoms with Crippen molar-refractivity contribution in [3.05, 3.63) is 88.9 Å². The molecule has 0 bridgehead atoms. The number of aliphatic hydroxyl groups is 1. The van der Waals surface area contributed by atoms with E-state index in [0.29, 0.717) is 35.1 Å². The van der Waals surface area contributed by atoms with E-state index in [9.17, 15) is 14.7 Å². The first-order valence-corrected chi connectivity index (χ1v) is 10.1. The van der Waals surface area contributed by atoms with Gasteiger partial charge in [-0.2, -0.15) is 0 Å². The minimum absolute atomic E-state index is 0.00270. The summed E-state index contributed by atoms with van der Waals surface area (Å²) in [6, 6.07) is 16.6. The number of carbonyl (C=O) groups is 2. The molecular formula is C25H23NO5. The average Bonchev–Trinajstić information content (AvgIpc) is 3.30. The molecule has 2 aromatic carbocycles. The van der Waals surface area contributed by atoms with E-state index in [2.05, 4.69) is 0 Å². The largest absolute Gasteiger partial charge is 0.507 e. The predicted octanol–water partition coefficient (Wildman–Crippen LogP) is 4.92. The molecule has 1 fully saturated rings. The monoisotopic (exact) mass is 417 g/mol. The van der Waals surface area contributed by atoms with E-state index in [4.69, 9.17) is 9.15 Å². The Balaban J connectivity index is 1.87. The van der Waals surface area contributed by atoms with Crippen LogP contribution in [-0.4, -0.2) is 23.4 Å². The Bertz CT molecular complexity index is 1160. The second kappa shape index (κ2) is 8.14. The van der Waals surface area contributed by atoms with Crippen LogP contribution in [0.5, 0.6) is 5.75 Å². The first kappa shape index (κ1) is 20.5. The van der Waals surface area contributed by atoms with E-state index < -0.39 is 17.7 Å². The van der Waals surface area contributed by atoms with Gasteiger partial charge in [0, 0.05) is 11.3 Å². The molecule has 31 heavy (non-hydrogen) atoms. The van der Waals surface area contributed by atoms with Gasteiger partial charge in [-0.3, -0.25) is 14.5 Å². The van der Waals surface area contributed by atoms with Gasteiger partial charge in [0.2, 0.25) is 0 Å². The second-order valence-electron chi connectivity index (χ2n) is 7.41. The van der Waals surface area contributed by atoms with Crippen molar-refractivity contribution in [2.24, 2.45) is 0 Å². The summed E-state index contributed by atoms with van der Waals surface area (Å²) < 4.78 is 11.3. The molecule has 3 aromatic rings. The Hall–Kier alpha value is -3.80. The highest BCUT2D eigenvalue weighted by Gasteiger charge is 2.48. The van der Waals surface area contributed by atoms with Crippen molar-refractivity contribution in [2.75, 3.05) is 11.5 Å². The molecule has 0 saturated carbocycles. The number of anilines is 1. The molecule has 6 nitrogen and oxygen atoms in total. The number of rotatable bonds is 5. The number of ether oxygens (including phenoxy) is 1. The number of Topliss-reactive ketones (excluding diaryl/α,β-unsaturated/α-hetero) is 1. The number of hydrogen-bond acceptors (Lipinski definition) is 5. The summed E-state index contributed by atoms with van der Waals surface area (Å²) >= 11 is 0. The maximum Gasteiger partial charge on any atom is 0.300 e. The summed E-state index contributed by atoms with van der Waals surface area (Å²) in [6.07, 6.45) is 0. The first-order valence-electron chi connectivity index (χ1n) is 10.1. The lowest BCUT2D eigenvalue weighted by atomic mass is 9.98. The fourth-order valence-electron chi connectivity index (χ4n) is 3.70. The van der Waals surface area contributed by atoms with Gasteiger partial charge in [-0.05, 0) is 57.2 Å². The number of aryl methyl sites for hydroxylation is 2. The fourth-order valence-corrected chi connectivity index (χ4v) is 3.70. The van der Waals surface area contributed by atoms with Crippen molar-refractivity contribution in [2.45, 2.75) is 26.8 Å². The van der Waals surface area contributed by atoms with Gasteiger partial charge in [-0.15, -0.1) is 0 Å². The molecule has 1 saturated heterocycles. The van der Waals surface area contributed by atoms with E-state index in [1.165, 1.54) is 4.90 Å². The molecule has 1 N–H and O–H groups in total. The van der Waals surface area contributed by atoms with Gasteiger partial charge < -0.3 is 14.3 Å². The molecule has 0 radical (unpaired) electrons. The second-order valence-corrected chi connectivity index (χ2v) is 7.41.